The maximum atomic E-state index is 12.8. The number of carboxylic acid groups (broad SMARTS) is 1. The minimum absolute atomic E-state index is 0.270. The van der Waals surface area contributed by atoms with Crippen LogP contribution in [0.1, 0.15) is 0 Å². The maximum Gasteiger partial charge on any atom is 0.349 e. The highest BCUT2D eigenvalue weighted by Gasteiger charge is 2.18. The third-order valence-electron chi connectivity index (χ3n) is 1.40. The van der Waals surface area contributed by atoms with Crippen molar-refractivity contribution in [3.05, 3.63) is 23.2 Å². The highest BCUT2D eigenvalue weighted by molar-refractivity contribution is 8.00. The lowest BCUT2D eigenvalue weighted by atomic mass is 10.3. The summed E-state index contributed by atoms with van der Waals surface area (Å²) in [6, 6.07) is 4.45. The number of halogens is 2. The molecule has 0 heterocycles. The summed E-state index contributed by atoms with van der Waals surface area (Å²) in [4.78, 5) is 10.6. The van der Waals surface area contributed by atoms with Crippen molar-refractivity contribution < 1.29 is 14.3 Å². The second-order valence-corrected chi connectivity index (χ2v) is 3.98. The second kappa shape index (κ2) is 4.52. The Bertz CT molecular complexity index is 361. The lowest BCUT2D eigenvalue weighted by molar-refractivity contribution is -0.139. The molecule has 0 aliphatic heterocycles. The summed E-state index contributed by atoms with van der Waals surface area (Å²) in [5.41, 5.74) is 3.76. The maximum absolute atomic E-state index is 12.8. The molecular weight excluding hydrogens is 229 g/mol. The largest absolute Gasteiger partial charge is 0.478 e. The number of anilines is 1. The molecule has 0 radical (unpaired) electrons. The Labute approximate surface area is 89.0 Å². The molecule has 1 aromatic carbocycles. The van der Waals surface area contributed by atoms with Gasteiger partial charge in [0.05, 0.1) is 0 Å². The smallest absolute Gasteiger partial charge is 0.349 e. The van der Waals surface area contributed by atoms with Crippen molar-refractivity contribution in [2.75, 3.05) is 5.73 Å². The monoisotopic (exact) mass is 235 g/mol. The average Bonchev–Trinajstić information content (AvgIpc) is 2.09. The van der Waals surface area contributed by atoms with E-state index >= 15 is 0 Å². The Balaban J connectivity index is 2.82. The molecule has 0 bridgehead atoms. The van der Waals surface area contributed by atoms with Gasteiger partial charge < -0.3 is 10.8 Å². The first kappa shape index (κ1) is 11.1. The van der Waals surface area contributed by atoms with E-state index < -0.39 is 11.5 Å². The number of nitrogen functional groups attached to an aromatic ring is 1. The van der Waals surface area contributed by atoms with Crippen LogP contribution in [0.3, 0.4) is 0 Å². The van der Waals surface area contributed by atoms with Gasteiger partial charge in [0.2, 0.25) is 5.50 Å². The molecule has 0 aliphatic carbocycles. The topological polar surface area (TPSA) is 63.3 Å². The summed E-state index contributed by atoms with van der Waals surface area (Å²) in [6.07, 6.45) is 0. The van der Waals surface area contributed by atoms with Crippen LogP contribution < -0.4 is 5.73 Å². The molecule has 0 saturated heterocycles. The number of alkyl halides is 1. The minimum Gasteiger partial charge on any atom is -0.478 e. The Morgan fingerprint density at radius 2 is 2.29 bits per heavy atom. The molecule has 1 unspecified atom stereocenters. The molecule has 1 rings (SSSR count). The van der Waals surface area contributed by atoms with Gasteiger partial charge in [-0.05, 0) is 18.2 Å². The van der Waals surface area contributed by atoms with E-state index in [1.165, 1.54) is 18.2 Å². The molecular formula is C8H7ClFNO2S. The van der Waals surface area contributed by atoms with Gasteiger partial charge in [0.25, 0.3) is 0 Å². The van der Waals surface area contributed by atoms with Gasteiger partial charge in [0.1, 0.15) is 0 Å². The van der Waals surface area contributed by atoms with Gasteiger partial charge in [0, 0.05) is 15.6 Å². The lowest BCUT2D eigenvalue weighted by Crippen LogP contribution is -2.09. The zero-order valence-corrected chi connectivity index (χ0v) is 8.48. The molecule has 0 aliphatic rings. The molecule has 0 aromatic heterocycles. The summed E-state index contributed by atoms with van der Waals surface area (Å²) in [5, 5.41) is 8.75. The third kappa shape index (κ3) is 2.78. The quantitative estimate of drug-likeness (QED) is 0.624. The van der Waals surface area contributed by atoms with Gasteiger partial charge in [-0.2, -0.15) is 0 Å². The zero-order valence-electron chi connectivity index (χ0n) is 6.91. The summed E-state index contributed by atoms with van der Waals surface area (Å²) >= 11 is 6.15. The standard InChI is InChI=1S/C8H7ClFNO2S/c9-4-1-2-6(5(11)3-4)14-7(10)8(12)13/h1-3,7H,11H2,(H,12,13). The number of rotatable bonds is 3. The third-order valence-corrected chi connectivity index (χ3v) is 2.67. The number of carbonyl (C=O) groups is 1. The number of hydrogen-bond acceptors (Lipinski definition) is 3. The van der Waals surface area contributed by atoms with Crippen LogP contribution >= 0.6 is 23.4 Å². The Hall–Kier alpha value is -0.940. The van der Waals surface area contributed by atoms with Crippen LogP contribution in [0.5, 0.6) is 0 Å². The SMILES string of the molecule is Nc1cc(Cl)ccc1SC(F)C(=O)O. The van der Waals surface area contributed by atoms with Crippen molar-refractivity contribution in [1.29, 1.82) is 0 Å². The Kier molecular flexibility index (Phi) is 3.60. The van der Waals surface area contributed by atoms with Crippen molar-refractivity contribution in [3.8, 4) is 0 Å². The number of hydrogen-bond donors (Lipinski definition) is 2. The van der Waals surface area contributed by atoms with Crippen LogP contribution in [0.4, 0.5) is 10.1 Å². The molecule has 3 N–H and O–H groups in total. The summed E-state index contributed by atoms with van der Waals surface area (Å²) in [5.74, 6) is -1.52. The molecule has 1 atom stereocenters. The van der Waals surface area contributed by atoms with Gasteiger partial charge in [0.15, 0.2) is 0 Å². The van der Waals surface area contributed by atoms with Crippen molar-refractivity contribution in [3.63, 3.8) is 0 Å². The Morgan fingerprint density at radius 3 is 2.79 bits per heavy atom. The molecule has 0 spiro atoms. The van der Waals surface area contributed by atoms with E-state index in [1.54, 1.807) is 0 Å². The van der Waals surface area contributed by atoms with E-state index in [9.17, 15) is 9.18 Å². The summed E-state index contributed by atoms with van der Waals surface area (Å²) < 4.78 is 12.8. The van der Waals surface area contributed by atoms with E-state index in [1.807, 2.05) is 0 Å². The molecule has 6 heteroatoms. The highest BCUT2D eigenvalue weighted by atomic mass is 35.5. The fraction of sp³-hybridized carbons (Fsp3) is 0.125. The molecule has 76 valence electrons. The number of thioether (sulfide) groups is 1. The van der Waals surface area contributed by atoms with Crippen molar-refractivity contribution >= 4 is 35.0 Å². The first-order valence-electron chi connectivity index (χ1n) is 3.59. The van der Waals surface area contributed by atoms with E-state index in [2.05, 4.69) is 0 Å². The fourth-order valence-corrected chi connectivity index (χ4v) is 1.63. The van der Waals surface area contributed by atoms with E-state index in [-0.39, 0.29) is 5.69 Å². The normalized spacial score (nSPS) is 12.4. The molecule has 0 fully saturated rings. The first-order valence-corrected chi connectivity index (χ1v) is 4.85. The predicted octanol–water partition coefficient (Wildman–Crippen LogP) is 2.39. The Morgan fingerprint density at radius 1 is 1.64 bits per heavy atom. The van der Waals surface area contributed by atoms with Crippen molar-refractivity contribution in [2.24, 2.45) is 0 Å². The van der Waals surface area contributed by atoms with Gasteiger partial charge >= 0.3 is 5.97 Å². The fourth-order valence-electron chi connectivity index (χ4n) is 0.789. The molecule has 0 saturated carbocycles. The van der Waals surface area contributed by atoms with Crippen molar-refractivity contribution in [2.45, 2.75) is 10.4 Å². The molecule has 0 amide bonds. The van der Waals surface area contributed by atoms with Gasteiger partial charge in [-0.15, -0.1) is 0 Å². The lowest BCUT2D eigenvalue weighted by Gasteiger charge is -2.06. The van der Waals surface area contributed by atoms with E-state index in [4.69, 9.17) is 22.4 Å². The average molecular weight is 236 g/mol. The van der Waals surface area contributed by atoms with Crippen LogP contribution in [-0.2, 0) is 4.79 Å². The van der Waals surface area contributed by atoms with E-state index in [0.717, 1.165) is 0 Å². The van der Waals surface area contributed by atoms with Crippen LogP contribution in [-0.4, -0.2) is 16.6 Å². The summed E-state index contributed by atoms with van der Waals surface area (Å²) in [6.45, 7) is 0. The van der Waals surface area contributed by atoms with Crippen molar-refractivity contribution in [1.82, 2.24) is 0 Å². The number of carboxylic acids is 1. The van der Waals surface area contributed by atoms with Gasteiger partial charge in [-0.3, -0.25) is 0 Å². The minimum atomic E-state index is -2.02. The van der Waals surface area contributed by atoms with Gasteiger partial charge in [-0.1, -0.05) is 23.4 Å². The second-order valence-electron chi connectivity index (χ2n) is 2.45. The van der Waals surface area contributed by atoms with Gasteiger partial charge in [-0.25, -0.2) is 9.18 Å². The molecule has 14 heavy (non-hydrogen) atoms. The zero-order chi connectivity index (χ0) is 10.7. The highest BCUT2D eigenvalue weighted by Crippen LogP contribution is 2.31. The molecule has 3 nitrogen and oxygen atoms in total. The number of aliphatic carboxylic acids is 1. The van der Waals surface area contributed by atoms with Crippen LogP contribution in [0.2, 0.25) is 5.02 Å². The molecule has 1 aromatic rings. The van der Waals surface area contributed by atoms with Crippen LogP contribution in [0.15, 0.2) is 23.1 Å². The predicted molar refractivity (Wildman–Crippen MR) is 54.3 cm³/mol. The number of nitrogens with two attached hydrogens (primary N) is 1. The van der Waals surface area contributed by atoms with Crippen LogP contribution in [0, 0.1) is 0 Å². The van der Waals surface area contributed by atoms with E-state index in [0.29, 0.717) is 21.7 Å². The van der Waals surface area contributed by atoms with Crippen LogP contribution in [0.25, 0.3) is 0 Å². The summed E-state index contributed by atoms with van der Waals surface area (Å²) in [7, 11) is 0. The first-order chi connectivity index (χ1) is 6.50. The number of benzene rings is 1.